The normalized spacial score (nSPS) is 34.6. The first kappa shape index (κ1) is 38.1. The van der Waals surface area contributed by atoms with Crippen molar-refractivity contribution in [3.63, 3.8) is 0 Å². The SMILES string of the molecule is CCOC(=O)C1CN(C(=O)CCCCCCC(=O)O[C@H]2CC[C@@]3(C)C(=CCC4C5CCC([C@@H](C)CCCC(C)C)[C@@]5(C)CCC43)C2)CC1=O. The number of likely N-dealkylation sites (tertiary alicyclic amines) is 1. The molecule has 5 aliphatic rings. The second-order valence-electron chi connectivity index (χ2n) is 17.6. The summed E-state index contributed by atoms with van der Waals surface area (Å²) < 4.78 is 11.0. The number of hydrogen-bond donors (Lipinski definition) is 0. The Morgan fingerprint density at radius 3 is 2.41 bits per heavy atom. The van der Waals surface area contributed by atoms with Gasteiger partial charge in [-0.25, -0.2) is 0 Å². The first-order valence-electron chi connectivity index (χ1n) is 20.2. The standard InChI is InChI=1S/C42H67NO6/c1-7-48-40(47)33-26-43(27-37(33)44)38(45)15-10-8-9-11-16-39(46)49-31-21-23-41(5)30(25-31)17-18-32-35-20-19-34(29(4)14-12-13-28(2)3)42(35,6)24-22-36(32)41/h17,28-29,31-36H,7-16,18-27H2,1-6H3/t29-,31-,32?,33?,34?,35?,36?,41-,42+/m0/s1. The number of ether oxygens (including phenoxy) is 2. The van der Waals surface area contributed by atoms with Gasteiger partial charge < -0.3 is 14.4 Å². The number of ketones is 1. The molecule has 0 aromatic heterocycles. The molecule has 0 aromatic carbocycles. The van der Waals surface area contributed by atoms with E-state index >= 15 is 0 Å². The number of nitrogens with zero attached hydrogens (tertiary/aromatic N) is 1. The molecule has 0 bridgehead atoms. The van der Waals surface area contributed by atoms with Gasteiger partial charge in [0.05, 0.1) is 13.2 Å². The zero-order valence-corrected chi connectivity index (χ0v) is 31.7. The first-order valence-corrected chi connectivity index (χ1v) is 20.2. The fraction of sp³-hybridized carbons (Fsp3) is 0.857. The van der Waals surface area contributed by atoms with E-state index in [-0.39, 0.29) is 48.9 Å². The molecule has 49 heavy (non-hydrogen) atoms. The van der Waals surface area contributed by atoms with E-state index < -0.39 is 11.9 Å². The molecule has 276 valence electrons. The van der Waals surface area contributed by atoms with Crippen LogP contribution in [0.15, 0.2) is 11.6 Å². The highest BCUT2D eigenvalue weighted by Gasteiger charge is 2.59. The van der Waals surface area contributed by atoms with Crippen molar-refractivity contribution in [1.29, 1.82) is 0 Å². The van der Waals surface area contributed by atoms with Crippen LogP contribution >= 0.6 is 0 Å². The Kier molecular flexibility index (Phi) is 12.8. The van der Waals surface area contributed by atoms with Crippen molar-refractivity contribution in [2.24, 2.45) is 52.3 Å². The van der Waals surface area contributed by atoms with Gasteiger partial charge in [-0.1, -0.05) is 78.4 Å². The molecule has 1 heterocycles. The van der Waals surface area contributed by atoms with E-state index in [1.54, 1.807) is 12.5 Å². The number of esters is 2. The Morgan fingerprint density at radius 2 is 1.67 bits per heavy atom. The number of amides is 1. The van der Waals surface area contributed by atoms with Gasteiger partial charge in [-0.05, 0) is 111 Å². The molecule has 1 saturated heterocycles. The molecule has 7 heteroatoms. The van der Waals surface area contributed by atoms with Crippen LogP contribution in [0.2, 0.25) is 0 Å². The molecule has 1 aliphatic heterocycles. The summed E-state index contributed by atoms with van der Waals surface area (Å²) in [5.41, 5.74) is 2.33. The fourth-order valence-electron chi connectivity index (χ4n) is 11.4. The maximum atomic E-state index is 12.8. The molecular formula is C42H67NO6. The number of fused-ring (bicyclic) bond motifs is 5. The molecule has 4 aliphatic carbocycles. The van der Waals surface area contributed by atoms with Crippen LogP contribution in [0.4, 0.5) is 0 Å². The smallest absolute Gasteiger partial charge is 0.318 e. The maximum Gasteiger partial charge on any atom is 0.318 e. The van der Waals surface area contributed by atoms with E-state index in [1.165, 1.54) is 56.3 Å². The predicted octanol–water partition coefficient (Wildman–Crippen LogP) is 8.87. The largest absolute Gasteiger partial charge is 0.465 e. The molecule has 3 saturated carbocycles. The lowest BCUT2D eigenvalue weighted by atomic mass is 9.47. The van der Waals surface area contributed by atoms with Gasteiger partial charge >= 0.3 is 11.9 Å². The van der Waals surface area contributed by atoms with Crippen LogP contribution in [-0.2, 0) is 28.7 Å². The van der Waals surface area contributed by atoms with Crippen molar-refractivity contribution < 1.29 is 28.7 Å². The average molecular weight is 682 g/mol. The van der Waals surface area contributed by atoms with Crippen molar-refractivity contribution >= 4 is 23.6 Å². The number of carbonyl (C=O) groups excluding carboxylic acids is 4. The summed E-state index contributed by atoms with van der Waals surface area (Å²) in [5.74, 6) is 3.17. The summed E-state index contributed by atoms with van der Waals surface area (Å²) in [6.07, 6.45) is 20.5. The van der Waals surface area contributed by atoms with Crippen molar-refractivity contribution in [1.82, 2.24) is 4.90 Å². The molecule has 0 spiro atoms. The van der Waals surface area contributed by atoms with Crippen molar-refractivity contribution in [2.45, 2.75) is 157 Å². The van der Waals surface area contributed by atoms with Crippen LogP contribution in [0, 0.1) is 52.3 Å². The van der Waals surface area contributed by atoms with Crippen LogP contribution in [0.25, 0.3) is 0 Å². The summed E-state index contributed by atoms with van der Waals surface area (Å²) >= 11 is 0. The lowest BCUT2D eigenvalue weighted by molar-refractivity contribution is -0.152. The Balaban J connectivity index is 1.02. The monoisotopic (exact) mass is 681 g/mol. The lowest BCUT2D eigenvalue weighted by Gasteiger charge is -2.58. The molecule has 7 nitrogen and oxygen atoms in total. The van der Waals surface area contributed by atoms with Gasteiger partial charge in [0.15, 0.2) is 5.78 Å². The molecule has 0 radical (unpaired) electrons. The second-order valence-corrected chi connectivity index (χ2v) is 17.6. The fourth-order valence-corrected chi connectivity index (χ4v) is 11.4. The summed E-state index contributed by atoms with van der Waals surface area (Å²) in [7, 11) is 0. The molecule has 9 atom stereocenters. The van der Waals surface area contributed by atoms with Gasteiger partial charge in [0.1, 0.15) is 12.0 Å². The van der Waals surface area contributed by atoms with Crippen LogP contribution in [0.1, 0.15) is 151 Å². The number of Topliss-reactive ketones (excluding diaryl/α,β-unsaturated/α-hetero) is 1. The molecule has 0 aromatic rings. The van der Waals surface area contributed by atoms with Crippen LogP contribution in [0.3, 0.4) is 0 Å². The van der Waals surface area contributed by atoms with Gasteiger partial charge in [-0.2, -0.15) is 0 Å². The summed E-state index contributed by atoms with van der Waals surface area (Å²) in [4.78, 5) is 51.0. The number of carbonyl (C=O) groups is 4. The van der Waals surface area contributed by atoms with Gasteiger partial charge in [-0.3, -0.25) is 19.2 Å². The Hall–Kier alpha value is -2.18. The van der Waals surface area contributed by atoms with Gasteiger partial charge in [0.2, 0.25) is 5.91 Å². The van der Waals surface area contributed by atoms with Crippen molar-refractivity contribution in [3.8, 4) is 0 Å². The molecule has 1 amide bonds. The molecule has 4 fully saturated rings. The van der Waals surface area contributed by atoms with E-state index in [2.05, 4.69) is 40.7 Å². The summed E-state index contributed by atoms with van der Waals surface area (Å²) in [6, 6.07) is 0. The zero-order valence-electron chi connectivity index (χ0n) is 31.7. The third-order valence-electron chi connectivity index (χ3n) is 14.1. The summed E-state index contributed by atoms with van der Waals surface area (Å²) in [6.45, 7) is 14.5. The average Bonchev–Trinajstić information content (AvgIpc) is 3.62. The molecule has 5 unspecified atom stereocenters. The highest BCUT2D eigenvalue weighted by atomic mass is 16.5. The second kappa shape index (κ2) is 16.4. The van der Waals surface area contributed by atoms with Crippen LogP contribution in [-0.4, -0.2) is 54.3 Å². The van der Waals surface area contributed by atoms with E-state index in [0.29, 0.717) is 24.7 Å². The lowest BCUT2D eigenvalue weighted by Crippen LogP contribution is -2.51. The highest BCUT2D eigenvalue weighted by Crippen LogP contribution is 2.67. The Labute approximate surface area is 297 Å². The zero-order chi connectivity index (χ0) is 35.3. The molecule has 5 rings (SSSR count). The molecule has 0 N–H and O–H groups in total. The number of rotatable bonds is 15. The van der Waals surface area contributed by atoms with Crippen LogP contribution in [0.5, 0.6) is 0 Å². The van der Waals surface area contributed by atoms with Gasteiger partial charge in [0, 0.05) is 25.8 Å². The predicted molar refractivity (Wildman–Crippen MR) is 192 cm³/mol. The van der Waals surface area contributed by atoms with E-state index in [1.807, 2.05) is 0 Å². The van der Waals surface area contributed by atoms with Crippen LogP contribution < -0.4 is 0 Å². The topological polar surface area (TPSA) is 90.0 Å². The minimum absolute atomic E-state index is 0.000918. The quantitative estimate of drug-likeness (QED) is 0.0743. The summed E-state index contributed by atoms with van der Waals surface area (Å²) in [5, 5.41) is 0. The van der Waals surface area contributed by atoms with E-state index in [0.717, 1.165) is 74.0 Å². The Morgan fingerprint density at radius 1 is 0.918 bits per heavy atom. The minimum Gasteiger partial charge on any atom is -0.465 e. The van der Waals surface area contributed by atoms with E-state index in [4.69, 9.17) is 9.47 Å². The molecular weight excluding hydrogens is 614 g/mol. The van der Waals surface area contributed by atoms with Gasteiger partial charge in [-0.15, -0.1) is 0 Å². The first-order chi connectivity index (χ1) is 23.4. The van der Waals surface area contributed by atoms with Crippen molar-refractivity contribution in [3.05, 3.63) is 11.6 Å². The number of unbranched alkanes of at least 4 members (excludes halogenated alkanes) is 3. The maximum absolute atomic E-state index is 12.8. The minimum atomic E-state index is -0.846. The highest BCUT2D eigenvalue weighted by molar-refractivity contribution is 6.04. The third-order valence-corrected chi connectivity index (χ3v) is 14.1. The Bertz CT molecular complexity index is 1230. The van der Waals surface area contributed by atoms with Gasteiger partial charge in [0.25, 0.3) is 0 Å². The number of allylic oxidation sites excluding steroid dienone is 1. The van der Waals surface area contributed by atoms with E-state index in [9.17, 15) is 19.2 Å². The number of hydrogen-bond acceptors (Lipinski definition) is 6. The third kappa shape index (κ3) is 8.49. The van der Waals surface area contributed by atoms with Crippen molar-refractivity contribution in [2.75, 3.05) is 19.7 Å².